The van der Waals surface area contributed by atoms with Crippen molar-refractivity contribution in [3.05, 3.63) is 161 Å². The molecule has 9 aromatic rings. The predicted octanol–water partition coefficient (Wildman–Crippen LogP) is 13.0. The number of imidazole rings is 2. The predicted molar refractivity (Wildman–Crippen MR) is 366 cm³/mol. The van der Waals surface area contributed by atoms with Crippen LogP contribution in [0.15, 0.2) is 149 Å². The van der Waals surface area contributed by atoms with E-state index in [9.17, 15) is 8.42 Å². The minimum absolute atomic E-state index is 0.173. The van der Waals surface area contributed by atoms with E-state index in [2.05, 4.69) is 191 Å². The van der Waals surface area contributed by atoms with E-state index in [0.717, 1.165) is 71.1 Å². The fourth-order valence-corrected chi connectivity index (χ4v) is 28.1. The molecule has 11 rings (SSSR count). The van der Waals surface area contributed by atoms with Crippen LogP contribution in [-0.2, 0) is 34.5 Å². The summed E-state index contributed by atoms with van der Waals surface area (Å²) in [6.07, 6.45) is 21.0. The molecule has 0 aliphatic carbocycles. The average Bonchev–Trinajstić information content (AvgIpc) is 1.76. The summed E-state index contributed by atoms with van der Waals surface area (Å²) in [5, 5.41) is 0. The summed E-state index contributed by atoms with van der Waals surface area (Å²) in [6, 6.07) is 39.8. The van der Waals surface area contributed by atoms with Gasteiger partial charge in [-0.25, -0.2) is 34.1 Å². The molecule has 3 aromatic carbocycles. The number of aromatic amines is 1. The third-order valence-corrected chi connectivity index (χ3v) is 32.4. The number of morpholine rings is 2. The van der Waals surface area contributed by atoms with Gasteiger partial charge in [-0.15, -0.1) is 0 Å². The van der Waals surface area contributed by atoms with Gasteiger partial charge in [0.25, 0.3) is 0 Å². The van der Waals surface area contributed by atoms with E-state index < -0.39 is 43.4 Å². The minimum Gasteiger partial charge on any atom is -0.377 e. The Morgan fingerprint density at radius 2 is 1.13 bits per heavy atom. The first kappa shape index (κ1) is 65.5. The number of aromatic nitrogens is 10. The number of anilines is 2. The first-order valence-electron chi connectivity index (χ1n) is 30.2. The van der Waals surface area contributed by atoms with Gasteiger partial charge in [0.2, 0.25) is 0 Å². The topological polar surface area (TPSA) is 208 Å². The van der Waals surface area contributed by atoms with Crippen molar-refractivity contribution in [2.75, 3.05) is 74.3 Å². The van der Waals surface area contributed by atoms with Crippen LogP contribution in [-0.4, -0.2) is 153 Å². The van der Waals surface area contributed by atoms with E-state index in [0.29, 0.717) is 49.5 Å². The summed E-state index contributed by atoms with van der Waals surface area (Å²) in [6.45, 7) is 15.4. The molecule has 2 aliphatic rings. The molecule has 460 valence electrons. The molecule has 1 N–H and O–H groups in total. The summed E-state index contributed by atoms with van der Waals surface area (Å²) in [5.41, 5.74) is 6.81. The van der Waals surface area contributed by atoms with Gasteiger partial charge in [0.1, 0.15) is 16.9 Å². The zero-order valence-electron chi connectivity index (χ0n) is 51.7. The Labute approximate surface area is 532 Å². The molecule has 2 fully saturated rings. The van der Waals surface area contributed by atoms with Gasteiger partial charge in [-0.05, 0) is 58.3 Å². The standard InChI is InChI=1S/C25H18IN3.C17H21N7O2S.C11H17N4O2S.3C4H9.Sn/c26-22-16-17-27-24-23(22)28-18-29(24)25(19-10-4-1-5-11-19,20-12-6-2-7-13-20)21-14-8-3-9-15-21;1-11-9-26-7-6-24(11)14-8-13(23-27(2,3)25)21-16(22-14)12-4-5-18-17-15(12)19-10-20-17;1-9-7-17-5-4-15(9)11-6-10(12-8-13-11)14-18(2,3)16;3*1-3-4-2;/h1-18H;4-5,8,10-11H,6-7,9H2,1-3H3,(H,18,19,20);6,9H,4-5,7H2,1-3H3;3*1,3-4H2,2H3;/t;11-;9-;;;;/m.11..../s1. The van der Waals surface area contributed by atoms with Crippen molar-refractivity contribution in [3.63, 3.8) is 0 Å². The third-order valence-electron chi connectivity index (χ3n) is 15.7. The molecule has 87 heavy (non-hydrogen) atoms. The van der Waals surface area contributed by atoms with E-state index in [1.807, 2.05) is 30.7 Å². The number of nitrogens with zero attached hydrogens (tertiary/aromatic N) is 13. The van der Waals surface area contributed by atoms with Crippen molar-refractivity contribution in [1.82, 2.24) is 49.4 Å². The largest absolute Gasteiger partial charge is 0.377 e. The number of fused-ring (bicyclic) bond motifs is 2. The van der Waals surface area contributed by atoms with Crippen molar-refractivity contribution in [2.45, 2.75) is 104 Å². The molecule has 8 heterocycles. The molecule has 2 atom stereocenters. The third kappa shape index (κ3) is 16.1. The van der Waals surface area contributed by atoms with Crippen LogP contribution >= 0.6 is 22.6 Å². The zero-order chi connectivity index (χ0) is 61.6. The van der Waals surface area contributed by atoms with E-state index in [1.54, 1.807) is 43.6 Å². The molecule has 22 heteroatoms. The van der Waals surface area contributed by atoms with Gasteiger partial charge in [0.05, 0.1) is 37.4 Å². The number of H-pyrrole nitrogens is 1. The number of ether oxygens (including phenoxy) is 2. The number of halogens is 1. The molecule has 0 amide bonds. The molecule has 0 bridgehead atoms. The van der Waals surface area contributed by atoms with Crippen molar-refractivity contribution in [3.8, 4) is 11.4 Å². The summed E-state index contributed by atoms with van der Waals surface area (Å²) in [4.78, 5) is 45.1. The molecule has 0 unspecified atom stereocenters. The molecule has 0 radical (unpaired) electrons. The van der Waals surface area contributed by atoms with Gasteiger partial charge in [-0.1, -0.05) is 91.0 Å². The van der Waals surface area contributed by atoms with Crippen LogP contribution in [0.25, 0.3) is 33.7 Å². The van der Waals surface area contributed by atoms with E-state index >= 15 is 0 Å². The quantitative estimate of drug-likeness (QED) is 0.0454. The summed E-state index contributed by atoms with van der Waals surface area (Å²) in [5.74, 6) is 3.19. The van der Waals surface area contributed by atoms with Crippen LogP contribution < -0.4 is 13.6 Å². The van der Waals surface area contributed by atoms with Crippen LogP contribution in [0.3, 0.4) is 0 Å². The fraction of sp³-hybridized carbons (Fsp3) is 0.415. The average molecular weight is 1430 g/mol. The van der Waals surface area contributed by atoms with Crippen LogP contribution in [0.1, 0.15) is 89.8 Å². The second-order valence-corrected chi connectivity index (χ2v) is 42.2. The summed E-state index contributed by atoms with van der Waals surface area (Å²) < 4.78 is 53.2. The van der Waals surface area contributed by atoms with Gasteiger partial charge >= 0.3 is 196 Å². The molecule has 2 saturated heterocycles. The molecule has 6 aromatic heterocycles. The summed E-state index contributed by atoms with van der Waals surface area (Å²) >= 11 is -0.510. The van der Waals surface area contributed by atoms with Gasteiger partial charge in [0.15, 0.2) is 22.9 Å². The molecule has 0 spiro atoms. The Kier molecular flexibility index (Phi) is 22.6. The van der Waals surface area contributed by atoms with Crippen molar-refractivity contribution in [1.29, 1.82) is 0 Å². The Morgan fingerprint density at radius 3 is 1.62 bits per heavy atom. The van der Waals surface area contributed by atoms with E-state index in [4.69, 9.17) is 34.4 Å². The Bertz CT molecular complexity index is 3840. The number of hydrogen-bond donors (Lipinski definition) is 1. The summed E-state index contributed by atoms with van der Waals surface area (Å²) in [7, 11) is -4.65. The normalized spacial score (nSPS) is 15.8. The molecule has 2 aliphatic heterocycles. The van der Waals surface area contributed by atoms with Crippen molar-refractivity contribution in [2.24, 2.45) is 8.73 Å². The molecule has 0 saturated carbocycles. The smallest absolute Gasteiger partial charge is 0.178 e. The molecular weight excluding hydrogens is 1350 g/mol. The van der Waals surface area contributed by atoms with Crippen molar-refractivity contribution < 1.29 is 17.9 Å². The molecular formula is C65H83IN14O4S2Sn. The number of rotatable bonds is 19. The van der Waals surface area contributed by atoms with Crippen molar-refractivity contribution >= 4 is 110 Å². The van der Waals surface area contributed by atoms with Gasteiger partial charge in [0, 0.05) is 56.4 Å². The van der Waals surface area contributed by atoms with Gasteiger partial charge in [-0.3, -0.25) is 4.57 Å². The maximum atomic E-state index is 12.5. The maximum absolute atomic E-state index is 12.5. The number of nitrogens with one attached hydrogen (secondary N) is 1. The monoisotopic (exact) mass is 1430 g/mol. The minimum atomic E-state index is -2.84. The van der Waals surface area contributed by atoms with Crippen LogP contribution in [0.5, 0.6) is 0 Å². The van der Waals surface area contributed by atoms with Gasteiger partial charge in [-0.2, -0.15) is 4.36 Å². The van der Waals surface area contributed by atoms with E-state index in [-0.39, 0.29) is 12.1 Å². The number of unbranched alkanes of at least 4 members (excludes halogenated alkanes) is 3. The second kappa shape index (κ2) is 30.0. The first-order chi connectivity index (χ1) is 42.0. The SMILES string of the molecule is CCC[CH2][Sn]([CH2]CCC)([CH2]CCC)[c]1nc(N=S(C)(C)=O)cc(N2CCOC[C@H]2C)n1.C[C@@H]1COCCN1c1cc(N=S(C)(C)=O)nc(-c2ccnc3nc[nH]c23)n1.Ic1ccnc2c1ncn2C(c1ccccc1)(c1ccccc1)c1ccccc1. The second-order valence-electron chi connectivity index (χ2n) is 23.0. The van der Waals surface area contributed by atoms with Crippen LogP contribution in [0.2, 0.25) is 13.3 Å². The first-order valence-corrected chi connectivity index (χ1v) is 43.4. The van der Waals surface area contributed by atoms with Crippen LogP contribution in [0, 0.1) is 3.57 Å². The number of hydrogen-bond acceptors (Lipinski definition) is 16. The Balaban J connectivity index is 0.000000156. The maximum Gasteiger partial charge on any atom is 0.178 e. The number of benzene rings is 3. The number of pyridine rings is 2. The molecule has 18 nitrogen and oxygen atoms in total. The Hall–Kier alpha value is -5.99. The fourth-order valence-electron chi connectivity index (χ4n) is 11.6. The van der Waals surface area contributed by atoms with Crippen LogP contribution in [0.4, 0.5) is 23.3 Å². The Morgan fingerprint density at radius 1 is 0.632 bits per heavy atom. The van der Waals surface area contributed by atoms with Gasteiger partial charge < -0.3 is 14.6 Å². The van der Waals surface area contributed by atoms with E-state index in [1.165, 1.54) is 51.8 Å². The zero-order valence-corrected chi connectivity index (χ0v) is 58.3.